The number of aliphatic carboxylic acids is 1. The Hall–Kier alpha value is -5.84. The Bertz CT molecular complexity index is 1930. The van der Waals surface area contributed by atoms with Gasteiger partial charge >= 0.3 is 24.0 Å². The molecule has 288 valence electrons. The molecule has 0 saturated heterocycles. The molecule has 1 atom stereocenters. The van der Waals surface area contributed by atoms with Crippen molar-refractivity contribution in [2.45, 2.75) is 70.7 Å². The monoisotopic (exact) mass is 754 g/mol. The molecule has 5 rings (SSSR count). The number of pyridine rings is 1. The van der Waals surface area contributed by atoms with E-state index >= 15 is 0 Å². The van der Waals surface area contributed by atoms with Crippen LogP contribution >= 0.6 is 0 Å². The van der Waals surface area contributed by atoms with Crippen molar-refractivity contribution in [3.05, 3.63) is 89.2 Å². The summed E-state index contributed by atoms with van der Waals surface area (Å²) in [6.45, 7) is 5.88. The number of carbonyl (C=O) groups is 4. The number of hydrogen-bond acceptors (Lipinski definition) is 10. The standard InChI is InChI=1S/C35H40N6O6.C2HF3O2/c1-35(2,3)46-33(44)38-20-23-8-12-26(13-9-23)31(42)41(28-16-14-25(15-17-28)30-39-34(45)47-40-30)32(43)29(36)19-22-6-10-24(11-7-22)27-5-4-18-37-21-27;3-2(4,5)1(6)7/h4-7,10-11,14-18,21,23,26,29H,8-9,12-13,19-20,36H2,1-3H3,(H,38,44)(H,39,40,45);(H,6,7)/t23?,26?,29-;/m0./s1. The van der Waals surface area contributed by atoms with Gasteiger partial charge in [-0.25, -0.2) is 19.3 Å². The molecule has 1 aliphatic carbocycles. The number of imide groups is 1. The average molecular weight is 755 g/mol. The van der Waals surface area contributed by atoms with E-state index in [1.165, 1.54) is 4.90 Å². The Balaban J connectivity index is 0.000000845. The number of halogens is 3. The first kappa shape index (κ1) is 40.9. The van der Waals surface area contributed by atoms with Crippen LogP contribution in [0.25, 0.3) is 22.5 Å². The van der Waals surface area contributed by atoms with Crippen molar-refractivity contribution in [3.63, 3.8) is 0 Å². The molecule has 17 heteroatoms. The lowest BCUT2D eigenvalue weighted by Crippen LogP contribution is -2.50. The van der Waals surface area contributed by atoms with E-state index in [0.717, 1.165) is 16.7 Å². The Labute approximate surface area is 307 Å². The predicted octanol–water partition coefficient (Wildman–Crippen LogP) is 5.49. The van der Waals surface area contributed by atoms with Gasteiger partial charge in [0.25, 0.3) is 5.91 Å². The molecule has 54 heavy (non-hydrogen) atoms. The van der Waals surface area contributed by atoms with Crippen LogP contribution in [0.3, 0.4) is 0 Å². The van der Waals surface area contributed by atoms with Gasteiger partial charge in [0.2, 0.25) is 5.91 Å². The number of rotatable bonds is 9. The number of nitrogens with zero attached hydrogens (tertiary/aromatic N) is 3. The summed E-state index contributed by atoms with van der Waals surface area (Å²) in [4.78, 5) is 68.3. The number of carbonyl (C=O) groups excluding carboxylic acids is 3. The summed E-state index contributed by atoms with van der Waals surface area (Å²) in [5.41, 5.74) is 9.65. The van der Waals surface area contributed by atoms with E-state index in [9.17, 15) is 32.3 Å². The maximum atomic E-state index is 14.1. The van der Waals surface area contributed by atoms with Crippen molar-refractivity contribution in [2.24, 2.45) is 17.6 Å². The van der Waals surface area contributed by atoms with Gasteiger partial charge in [-0.15, -0.1) is 0 Å². The van der Waals surface area contributed by atoms with Gasteiger partial charge in [-0.3, -0.25) is 24.1 Å². The first-order chi connectivity index (χ1) is 25.4. The number of nitrogens with one attached hydrogen (secondary N) is 2. The van der Waals surface area contributed by atoms with Crippen LogP contribution in [-0.2, 0) is 25.5 Å². The predicted molar refractivity (Wildman–Crippen MR) is 190 cm³/mol. The van der Waals surface area contributed by atoms with Crippen molar-refractivity contribution < 1.29 is 46.7 Å². The molecule has 2 aromatic heterocycles. The Morgan fingerprint density at radius 2 is 1.59 bits per heavy atom. The maximum absolute atomic E-state index is 14.1. The number of ether oxygens (including phenoxy) is 1. The van der Waals surface area contributed by atoms with Gasteiger partial charge in [0, 0.05) is 30.4 Å². The highest BCUT2D eigenvalue weighted by molar-refractivity contribution is 6.17. The van der Waals surface area contributed by atoms with Crippen molar-refractivity contribution in [3.8, 4) is 22.5 Å². The number of aromatic amines is 1. The van der Waals surface area contributed by atoms with E-state index in [4.69, 9.17) is 20.4 Å². The molecule has 14 nitrogen and oxygen atoms in total. The average Bonchev–Trinajstić information content (AvgIpc) is 3.57. The number of anilines is 1. The highest BCUT2D eigenvalue weighted by Crippen LogP contribution is 2.32. The molecule has 0 spiro atoms. The quantitative estimate of drug-likeness (QED) is 0.168. The second-order valence-corrected chi connectivity index (χ2v) is 13.7. The van der Waals surface area contributed by atoms with Crippen LogP contribution in [0, 0.1) is 11.8 Å². The van der Waals surface area contributed by atoms with Gasteiger partial charge in [-0.1, -0.05) is 35.5 Å². The summed E-state index contributed by atoms with van der Waals surface area (Å²) in [5.74, 6) is -4.25. The third kappa shape index (κ3) is 11.8. The normalized spacial score (nSPS) is 16.3. The molecule has 1 saturated carbocycles. The van der Waals surface area contributed by atoms with Gasteiger partial charge in [0.05, 0.1) is 11.7 Å². The molecule has 2 aromatic carbocycles. The zero-order valence-corrected chi connectivity index (χ0v) is 29.8. The Morgan fingerprint density at radius 1 is 0.981 bits per heavy atom. The molecule has 1 aliphatic rings. The minimum atomic E-state index is -5.08. The lowest BCUT2D eigenvalue weighted by Gasteiger charge is -2.32. The number of carboxylic acid groups (broad SMARTS) is 1. The van der Waals surface area contributed by atoms with Crippen LogP contribution in [-0.4, -0.2) is 68.5 Å². The van der Waals surface area contributed by atoms with E-state index < -0.39 is 47.5 Å². The number of aromatic nitrogens is 3. The summed E-state index contributed by atoms with van der Waals surface area (Å²) in [6.07, 6.45) is 0.727. The number of hydrogen-bond donors (Lipinski definition) is 4. The van der Waals surface area contributed by atoms with E-state index in [2.05, 4.69) is 25.0 Å². The maximum Gasteiger partial charge on any atom is 0.490 e. The fourth-order valence-corrected chi connectivity index (χ4v) is 5.70. The summed E-state index contributed by atoms with van der Waals surface area (Å²) in [6, 6.07) is 17.2. The van der Waals surface area contributed by atoms with Gasteiger partial charge in [-0.2, -0.15) is 13.2 Å². The second-order valence-electron chi connectivity index (χ2n) is 13.7. The molecule has 1 fully saturated rings. The number of alkyl carbamates (subject to hydrolysis) is 1. The zero-order chi connectivity index (χ0) is 39.6. The van der Waals surface area contributed by atoms with Crippen molar-refractivity contribution >= 4 is 29.6 Å². The van der Waals surface area contributed by atoms with Gasteiger partial charge in [0.15, 0.2) is 5.82 Å². The molecule has 0 aliphatic heterocycles. The summed E-state index contributed by atoms with van der Waals surface area (Å²) in [5, 5.41) is 13.7. The minimum absolute atomic E-state index is 0.191. The van der Waals surface area contributed by atoms with E-state index in [1.54, 1.807) is 36.7 Å². The minimum Gasteiger partial charge on any atom is -0.475 e. The molecule has 2 heterocycles. The van der Waals surface area contributed by atoms with E-state index in [1.807, 2.05) is 57.2 Å². The molecule has 5 N–H and O–H groups in total. The van der Waals surface area contributed by atoms with Gasteiger partial charge in [-0.05, 0) is 106 Å². The number of alkyl halides is 3. The second kappa shape index (κ2) is 17.8. The fourth-order valence-electron chi connectivity index (χ4n) is 5.70. The van der Waals surface area contributed by atoms with Crippen LogP contribution in [0.5, 0.6) is 0 Å². The largest absolute Gasteiger partial charge is 0.490 e. The summed E-state index contributed by atoms with van der Waals surface area (Å²) in [7, 11) is 0. The summed E-state index contributed by atoms with van der Waals surface area (Å²) < 4.78 is 41.7. The first-order valence-electron chi connectivity index (χ1n) is 17.0. The Morgan fingerprint density at radius 3 is 2.11 bits per heavy atom. The number of carboxylic acids is 1. The van der Waals surface area contributed by atoms with Crippen LogP contribution in [0.2, 0.25) is 0 Å². The van der Waals surface area contributed by atoms with Gasteiger partial charge < -0.3 is 20.9 Å². The van der Waals surface area contributed by atoms with E-state index in [0.29, 0.717) is 43.5 Å². The molecule has 0 bridgehead atoms. The van der Waals surface area contributed by atoms with Crippen LogP contribution in [0.4, 0.5) is 23.7 Å². The molecule has 0 radical (unpaired) electrons. The number of amides is 3. The summed E-state index contributed by atoms with van der Waals surface area (Å²) >= 11 is 0. The highest BCUT2D eigenvalue weighted by atomic mass is 19.4. The topological polar surface area (TPSA) is 211 Å². The van der Waals surface area contributed by atoms with E-state index in [-0.39, 0.29) is 24.1 Å². The number of H-pyrrole nitrogens is 1. The third-order valence-electron chi connectivity index (χ3n) is 8.37. The lowest BCUT2D eigenvalue weighted by molar-refractivity contribution is -0.192. The van der Waals surface area contributed by atoms with Crippen LogP contribution in [0.1, 0.15) is 52.0 Å². The lowest BCUT2D eigenvalue weighted by atomic mass is 9.81. The van der Waals surface area contributed by atoms with Crippen molar-refractivity contribution in [1.82, 2.24) is 20.4 Å². The van der Waals surface area contributed by atoms with Crippen molar-refractivity contribution in [1.29, 1.82) is 0 Å². The zero-order valence-electron chi connectivity index (χ0n) is 29.8. The fraction of sp³-hybridized carbons (Fsp3) is 0.378. The van der Waals surface area contributed by atoms with Gasteiger partial charge in [0.1, 0.15) is 5.60 Å². The molecule has 0 unspecified atom stereocenters. The molecule has 3 amide bonds. The van der Waals surface area contributed by atoms with Crippen LogP contribution in [0.15, 0.2) is 82.4 Å². The Kier molecular flexibility index (Phi) is 13.5. The SMILES string of the molecule is CC(C)(C)OC(=O)NCC1CCC(C(=O)N(C(=O)[C@@H](N)Cc2ccc(-c3cccnc3)cc2)c2ccc(-c3noc(=O)[nH]3)cc2)CC1.O=C(O)C(F)(F)F. The molecule has 4 aromatic rings. The van der Waals surface area contributed by atoms with Crippen molar-refractivity contribution in [2.75, 3.05) is 11.4 Å². The number of benzene rings is 2. The third-order valence-corrected chi connectivity index (χ3v) is 8.37. The smallest absolute Gasteiger partial charge is 0.475 e. The molecular formula is C37H41F3N6O8. The molecular weight excluding hydrogens is 713 g/mol. The first-order valence-corrected chi connectivity index (χ1v) is 17.0. The number of nitrogens with two attached hydrogens (primary N) is 1. The highest BCUT2D eigenvalue weighted by Gasteiger charge is 2.38. The van der Waals surface area contributed by atoms with Crippen LogP contribution < -0.4 is 21.7 Å².